The van der Waals surface area contributed by atoms with Gasteiger partial charge in [-0.25, -0.2) is 0 Å². The van der Waals surface area contributed by atoms with Gasteiger partial charge in [-0.2, -0.15) is 0 Å². The van der Waals surface area contributed by atoms with Gasteiger partial charge in [0.05, 0.1) is 0 Å². The molecular weight excluding hydrogens is 210 g/mol. The lowest BCUT2D eigenvalue weighted by Crippen LogP contribution is -2.29. The Hall–Kier alpha value is -0.930. The summed E-state index contributed by atoms with van der Waals surface area (Å²) in [6.45, 7) is 5.19. The highest BCUT2D eigenvalue weighted by Crippen LogP contribution is 2.23. The zero-order chi connectivity index (χ0) is 12.1. The second-order valence-corrected chi connectivity index (χ2v) is 5.07. The first-order valence-corrected chi connectivity index (χ1v) is 6.64. The lowest BCUT2D eigenvalue weighted by Gasteiger charge is -2.24. The molecule has 1 aromatic heterocycles. The van der Waals surface area contributed by atoms with Gasteiger partial charge in [-0.1, -0.05) is 6.07 Å². The van der Waals surface area contributed by atoms with Crippen LogP contribution in [0.4, 0.5) is 0 Å². The van der Waals surface area contributed by atoms with E-state index in [1.165, 1.54) is 36.9 Å². The van der Waals surface area contributed by atoms with Gasteiger partial charge in [0.25, 0.3) is 0 Å². The summed E-state index contributed by atoms with van der Waals surface area (Å²) in [5, 5.41) is 0. The van der Waals surface area contributed by atoms with Crippen LogP contribution in [-0.2, 0) is 6.54 Å². The number of likely N-dealkylation sites (tertiary alicyclic amines) is 1. The van der Waals surface area contributed by atoms with Crippen LogP contribution in [0.5, 0.6) is 0 Å². The van der Waals surface area contributed by atoms with Crippen molar-refractivity contribution >= 4 is 0 Å². The second kappa shape index (κ2) is 6.12. The molecule has 1 aliphatic heterocycles. The van der Waals surface area contributed by atoms with Crippen molar-refractivity contribution < 1.29 is 0 Å². The largest absolute Gasteiger partial charge is 0.330 e. The van der Waals surface area contributed by atoms with Crippen molar-refractivity contribution in [1.29, 1.82) is 0 Å². The normalized spacial score (nSPS) is 20.9. The third-order valence-electron chi connectivity index (χ3n) is 3.56. The van der Waals surface area contributed by atoms with E-state index in [2.05, 4.69) is 22.9 Å². The van der Waals surface area contributed by atoms with Gasteiger partial charge in [-0.15, -0.1) is 0 Å². The molecular formula is C14H23N3. The minimum atomic E-state index is 0.735. The number of nitrogens with two attached hydrogens (primary N) is 1. The Morgan fingerprint density at radius 2 is 2.35 bits per heavy atom. The van der Waals surface area contributed by atoms with Crippen LogP contribution in [0.1, 0.15) is 36.8 Å². The molecule has 0 bridgehead atoms. The first kappa shape index (κ1) is 12.5. The van der Waals surface area contributed by atoms with Crippen LogP contribution in [0.15, 0.2) is 18.5 Å². The molecule has 0 aliphatic carbocycles. The van der Waals surface area contributed by atoms with Crippen molar-refractivity contribution in [3.05, 3.63) is 29.6 Å². The van der Waals surface area contributed by atoms with Gasteiger partial charge in [-0.05, 0) is 56.8 Å². The average molecular weight is 233 g/mol. The summed E-state index contributed by atoms with van der Waals surface area (Å²) in [6.07, 6.45) is 8.96. The van der Waals surface area contributed by atoms with Crippen LogP contribution < -0.4 is 5.73 Å². The molecule has 94 valence electrons. The number of nitrogens with zero attached hydrogens (tertiary/aromatic N) is 2. The zero-order valence-electron chi connectivity index (χ0n) is 10.7. The van der Waals surface area contributed by atoms with Crippen molar-refractivity contribution in [2.24, 2.45) is 5.73 Å². The van der Waals surface area contributed by atoms with Gasteiger partial charge in [-0.3, -0.25) is 9.88 Å². The third kappa shape index (κ3) is 3.51. The minimum Gasteiger partial charge on any atom is -0.330 e. The van der Waals surface area contributed by atoms with Crippen LogP contribution in [0.25, 0.3) is 0 Å². The Kier molecular flexibility index (Phi) is 4.51. The molecule has 2 rings (SSSR count). The average Bonchev–Trinajstić information content (AvgIpc) is 2.74. The lowest BCUT2D eigenvalue weighted by molar-refractivity contribution is 0.232. The van der Waals surface area contributed by atoms with E-state index < -0.39 is 0 Å². The van der Waals surface area contributed by atoms with E-state index in [1.54, 1.807) is 0 Å². The van der Waals surface area contributed by atoms with Gasteiger partial charge >= 0.3 is 0 Å². The quantitative estimate of drug-likeness (QED) is 0.847. The molecule has 1 aromatic rings. The maximum atomic E-state index is 5.60. The van der Waals surface area contributed by atoms with E-state index in [1.807, 2.05) is 12.4 Å². The second-order valence-electron chi connectivity index (χ2n) is 5.07. The highest BCUT2D eigenvalue weighted by atomic mass is 15.2. The van der Waals surface area contributed by atoms with Crippen LogP contribution >= 0.6 is 0 Å². The van der Waals surface area contributed by atoms with Crippen molar-refractivity contribution in [2.75, 3.05) is 13.1 Å². The molecule has 17 heavy (non-hydrogen) atoms. The number of hydrogen-bond acceptors (Lipinski definition) is 3. The van der Waals surface area contributed by atoms with E-state index >= 15 is 0 Å². The summed E-state index contributed by atoms with van der Waals surface area (Å²) >= 11 is 0. The molecule has 1 unspecified atom stereocenters. The first-order chi connectivity index (χ1) is 8.29. The molecule has 0 radical (unpaired) electrons. The van der Waals surface area contributed by atoms with Crippen molar-refractivity contribution in [3.63, 3.8) is 0 Å². The number of aryl methyl sites for hydroxylation is 1. The van der Waals surface area contributed by atoms with Crippen LogP contribution in [0.3, 0.4) is 0 Å². The number of aromatic nitrogens is 1. The smallest absolute Gasteiger partial charge is 0.0313 e. The number of rotatable bonds is 5. The SMILES string of the molecule is Cc1cncc(CN2CCCC2CCCN)c1. The molecule has 2 heterocycles. The van der Waals surface area contributed by atoms with Crippen molar-refractivity contribution in [1.82, 2.24) is 9.88 Å². The van der Waals surface area contributed by atoms with Gasteiger partial charge in [0.15, 0.2) is 0 Å². The maximum absolute atomic E-state index is 5.60. The summed E-state index contributed by atoms with van der Waals surface area (Å²) in [4.78, 5) is 6.86. The Morgan fingerprint density at radius 3 is 3.12 bits per heavy atom. The first-order valence-electron chi connectivity index (χ1n) is 6.64. The Bertz CT molecular complexity index is 351. The van der Waals surface area contributed by atoms with Crippen molar-refractivity contribution in [3.8, 4) is 0 Å². The molecule has 3 nitrogen and oxygen atoms in total. The monoisotopic (exact) mass is 233 g/mol. The fraction of sp³-hybridized carbons (Fsp3) is 0.643. The highest BCUT2D eigenvalue weighted by molar-refractivity contribution is 5.16. The summed E-state index contributed by atoms with van der Waals surface area (Å²) in [7, 11) is 0. The summed E-state index contributed by atoms with van der Waals surface area (Å²) in [5.74, 6) is 0. The number of pyridine rings is 1. The summed E-state index contributed by atoms with van der Waals surface area (Å²) in [6, 6.07) is 2.98. The maximum Gasteiger partial charge on any atom is 0.0313 e. The van der Waals surface area contributed by atoms with Crippen LogP contribution in [0.2, 0.25) is 0 Å². The van der Waals surface area contributed by atoms with Crippen LogP contribution in [0, 0.1) is 6.92 Å². The predicted octanol–water partition coefficient (Wildman–Crippen LogP) is 2.09. The van der Waals surface area contributed by atoms with E-state index in [0.717, 1.165) is 25.6 Å². The van der Waals surface area contributed by atoms with E-state index in [0.29, 0.717) is 0 Å². The Balaban J connectivity index is 1.93. The van der Waals surface area contributed by atoms with Gasteiger partial charge in [0, 0.05) is 25.0 Å². The molecule has 0 amide bonds. The fourth-order valence-corrected chi connectivity index (χ4v) is 2.72. The topological polar surface area (TPSA) is 42.2 Å². The zero-order valence-corrected chi connectivity index (χ0v) is 10.7. The lowest BCUT2D eigenvalue weighted by atomic mass is 10.1. The minimum absolute atomic E-state index is 0.735. The Labute approximate surface area is 104 Å². The molecule has 1 fully saturated rings. The van der Waals surface area contributed by atoms with Crippen molar-refractivity contribution in [2.45, 2.75) is 45.2 Å². The molecule has 2 N–H and O–H groups in total. The van der Waals surface area contributed by atoms with E-state index in [-0.39, 0.29) is 0 Å². The van der Waals surface area contributed by atoms with Gasteiger partial charge in [0.1, 0.15) is 0 Å². The van der Waals surface area contributed by atoms with E-state index in [9.17, 15) is 0 Å². The Morgan fingerprint density at radius 1 is 1.47 bits per heavy atom. The summed E-state index contributed by atoms with van der Waals surface area (Å²) in [5.41, 5.74) is 8.18. The molecule has 0 aromatic carbocycles. The molecule has 1 aliphatic rings. The van der Waals surface area contributed by atoms with Gasteiger partial charge in [0.2, 0.25) is 0 Å². The third-order valence-corrected chi connectivity index (χ3v) is 3.56. The van der Waals surface area contributed by atoms with Gasteiger partial charge < -0.3 is 5.73 Å². The molecule has 3 heteroatoms. The highest BCUT2D eigenvalue weighted by Gasteiger charge is 2.23. The van der Waals surface area contributed by atoms with Crippen LogP contribution in [-0.4, -0.2) is 29.0 Å². The molecule has 1 atom stereocenters. The van der Waals surface area contributed by atoms with E-state index in [4.69, 9.17) is 5.73 Å². The standard InChI is InChI=1S/C14H23N3/c1-12-8-13(10-16-9-12)11-17-7-3-5-14(17)4-2-6-15/h8-10,14H,2-7,11,15H2,1H3. The number of hydrogen-bond donors (Lipinski definition) is 1. The molecule has 1 saturated heterocycles. The molecule has 0 saturated carbocycles. The molecule has 0 spiro atoms. The fourth-order valence-electron chi connectivity index (χ4n) is 2.72. The predicted molar refractivity (Wildman–Crippen MR) is 70.7 cm³/mol. The summed E-state index contributed by atoms with van der Waals surface area (Å²) < 4.78 is 0.